The lowest BCUT2D eigenvalue weighted by atomic mass is 10.1. The van der Waals surface area contributed by atoms with E-state index in [0.717, 1.165) is 11.1 Å². The van der Waals surface area contributed by atoms with Gasteiger partial charge in [0, 0.05) is 23.2 Å². The van der Waals surface area contributed by atoms with Gasteiger partial charge in [-0.3, -0.25) is 14.2 Å². The molecule has 1 N–H and O–H groups in total. The van der Waals surface area contributed by atoms with Crippen LogP contribution in [0.1, 0.15) is 5.56 Å². The highest BCUT2D eigenvalue weighted by molar-refractivity contribution is 7.13. The van der Waals surface area contributed by atoms with Crippen molar-refractivity contribution in [2.75, 3.05) is 5.32 Å². The third kappa shape index (κ3) is 3.70. The van der Waals surface area contributed by atoms with E-state index in [1.807, 2.05) is 31.2 Å². The first kappa shape index (κ1) is 15.1. The molecule has 6 nitrogen and oxygen atoms in total. The van der Waals surface area contributed by atoms with E-state index in [1.54, 1.807) is 11.6 Å². The van der Waals surface area contributed by atoms with Crippen LogP contribution in [0.4, 0.5) is 5.13 Å². The van der Waals surface area contributed by atoms with E-state index in [4.69, 9.17) is 0 Å². The number of aromatic nitrogens is 3. The lowest BCUT2D eigenvalue weighted by Crippen LogP contribution is -2.27. The Kier molecular flexibility index (Phi) is 4.29. The molecule has 0 aliphatic rings. The standard InChI is InChI=1S/C16H14N4O2S/c1-11-2-4-12(5-3-11)13-8-15(22)20(10-18-13)9-14(21)19-16-17-6-7-23-16/h2-8,10H,9H2,1H3,(H,17,19,21). The maximum atomic E-state index is 12.1. The molecule has 1 aromatic carbocycles. The molecule has 3 aromatic rings. The van der Waals surface area contributed by atoms with Crippen LogP contribution in [-0.2, 0) is 11.3 Å². The Morgan fingerprint density at radius 3 is 2.70 bits per heavy atom. The Morgan fingerprint density at radius 1 is 1.26 bits per heavy atom. The number of amides is 1. The lowest BCUT2D eigenvalue weighted by molar-refractivity contribution is -0.116. The van der Waals surface area contributed by atoms with Crippen molar-refractivity contribution in [2.24, 2.45) is 0 Å². The highest BCUT2D eigenvalue weighted by Gasteiger charge is 2.08. The van der Waals surface area contributed by atoms with Crippen molar-refractivity contribution in [1.29, 1.82) is 0 Å². The Balaban J connectivity index is 1.75. The number of anilines is 1. The number of carbonyl (C=O) groups is 1. The van der Waals surface area contributed by atoms with Gasteiger partial charge in [-0.1, -0.05) is 29.8 Å². The van der Waals surface area contributed by atoms with Gasteiger partial charge in [0.2, 0.25) is 5.91 Å². The molecule has 116 valence electrons. The molecular weight excluding hydrogens is 312 g/mol. The Labute approximate surface area is 136 Å². The van der Waals surface area contributed by atoms with Crippen molar-refractivity contribution in [3.8, 4) is 11.3 Å². The summed E-state index contributed by atoms with van der Waals surface area (Å²) in [5, 5.41) is 4.90. The summed E-state index contributed by atoms with van der Waals surface area (Å²) in [6.07, 6.45) is 2.99. The second kappa shape index (κ2) is 6.53. The van der Waals surface area contributed by atoms with Crippen LogP contribution in [0.25, 0.3) is 11.3 Å². The fourth-order valence-corrected chi connectivity index (χ4v) is 2.57. The molecule has 2 heterocycles. The topological polar surface area (TPSA) is 76.9 Å². The average Bonchev–Trinajstić information content (AvgIpc) is 3.03. The number of hydrogen-bond acceptors (Lipinski definition) is 5. The predicted molar refractivity (Wildman–Crippen MR) is 89.4 cm³/mol. The summed E-state index contributed by atoms with van der Waals surface area (Å²) < 4.78 is 1.26. The normalized spacial score (nSPS) is 10.5. The summed E-state index contributed by atoms with van der Waals surface area (Å²) in [5.41, 5.74) is 2.32. The summed E-state index contributed by atoms with van der Waals surface area (Å²) in [4.78, 5) is 32.3. The van der Waals surface area contributed by atoms with Crippen molar-refractivity contribution in [3.63, 3.8) is 0 Å². The molecule has 0 aliphatic heterocycles. The highest BCUT2D eigenvalue weighted by atomic mass is 32.1. The van der Waals surface area contributed by atoms with Crippen LogP contribution in [0.5, 0.6) is 0 Å². The number of thiazole rings is 1. The zero-order chi connectivity index (χ0) is 16.2. The largest absolute Gasteiger partial charge is 0.300 e. The zero-order valence-electron chi connectivity index (χ0n) is 12.4. The SMILES string of the molecule is Cc1ccc(-c2cc(=O)n(CC(=O)Nc3nccs3)cn2)cc1. The summed E-state index contributed by atoms with van der Waals surface area (Å²) in [6.45, 7) is 1.90. The van der Waals surface area contributed by atoms with Crippen LogP contribution < -0.4 is 10.9 Å². The van der Waals surface area contributed by atoms with Gasteiger partial charge < -0.3 is 5.32 Å². The van der Waals surface area contributed by atoms with Crippen LogP contribution in [-0.4, -0.2) is 20.4 Å². The van der Waals surface area contributed by atoms with Crippen molar-refractivity contribution in [3.05, 3.63) is 64.2 Å². The van der Waals surface area contributed by atoms with Crippen LogP contribution >= 0.6 is 11.3 Å². The number of carbonyl (C=O) groups excluding carboxylic acids is 1. The number of nitrogens with zero attached hydrogens (tertiary/aromatic N) is 3. The molecule has 0 saturated heterocycles. The summed E-state index contributed by atoms with van der Waals surface area (Å²) >= 11 is 1.32. The molecule has 0 fully saturated rings. The molecular formula is C16H14N4O2S. The molecule has 0 radical (unpaired) electrons. The molecule has 0 unspecified atom stereocenters. The van der Waals surface area contributed by atoms with Gasteiger partial charge in [-0.25, -0.2) is 9.97 Å². The van der Waals surface area contributed by atoms with E-state index >= 15 is 0 Å². The van der Waals surface area contributed by atoms with Crippen molar-refractivity contribution >= 4 is 22.4 Å². The highest BCUT2D eigenvalue weighted by Crippen LogP contribution is 2.15. The first-order chi connectivity index (χ1) is 11.1. The zero-order valence-corrected chi connectivity index (χ0v) is 13.2. The summed E-state index contributed by atoms with van der Waals surface area (Å²) in [5.74, 6) is -0.313. The minimum atomic E-state index is -0.313. The fourth-order valence-electron chi connectivity index (χ4n) is 2.03. The predicted octanol–water partition coefficient (Wildman–Crippen LogP) is 2.31. The molecule has 23 heavy (non-hydrogen) atoms. The molecule has 0 spiro atoms. The number of rotatable bonds is 4. The van der Waals surface area contributed by atoms with Gasteiger partial charge in [-0.2, -0.15) is 0 Å². The van der Waals surface area contributed by atoms with E-state index in [-0.39, 0.29) is 18.0 Å². The maximum absolute atomic E-state index is 12.1. The van der Waals surface area contributed by atoms with Gasteiger partial charge in [0.1, 0.15) is 6.54 Å². The number of nitrogens with one attached hydrogen (secondary N) is 1. The van der Waals surface area contributed by atoms with Gasteiger partial charge in [0.15, 0.2) is 5.13 Å². The van der Waals surface area contributed by atoms with Gasteiger partial charge in [-0.15, -0.1) is 11.3 Å². The Bertz CT molecular complexity index is 870. The quantitative estimate of drug-likeness (QED) is 0.798. The first-order valence-corrected chi connectivity index (χ1v) is 7.82. The maximum Gasteiger partial charge on any atom is 0.254 e. The fraction of sp³-hybridized carbons (Fsp3) is 0.125. The van der Waals surface area contributed by atoms with E-state index in [0.29, 0.717) is 10.8 Å². The van der Waals surface area contributed by atoms with Crippen molar-refractivity contribution in [1.82, 2.24) is 14.5 Å². The molecule has 3 rings (SSSR count). The van der Waals surface area contributed by atoms with Gasteiger partial charge in [-0.05, 0) is 6.92 Å². The van der Waals surface area contributed by atoms with E-state index in [2.05, 4.69) is 15.3 Å². The second-order valence-electron chi connectivity index (χ2n) is 4.99. The van der Waals surface area contributed by atoms with Crippen LogP contribution in [0.15, 0.2) is 53.0 Å². The minimum absolute atomic E-state index is 0.0976. The summed E-state index contributed by atoms with van der Waals surface area (Å²) in [6, 6.07) is 9.18. The van der Waals surface area contributed by atoms with Gasteiger partial charge >= 0.3 is 0 Å². The minimum Gasteiger partial charge on any atom is -0.300 e. The van der Waals surface area contributed by atoms with Gasteiger partial charge in [0.25, 0.3) is 5.56 Å². The Hall–Kier alpha value is -2.80. The molecule has 0 aliphatic carbocycles. The summed E-state index contributed by atoms with van der Waals surface area (Å²) in [7, 11) is 0. The number of aryl methyl sites for hydroxylation is 1. The third-order valence-electron chi connectivity index (χ3n) is 3.22. The lowest BCUT2D eigenvalue weighted by Gasteiger charge is -2.06. The molecule has 2 aromatic heterocycles. The smallest absolute Gasteiger partial charge is 0.254 e. The van der Waals surface area contributed by atoms with Crippen LogP contribution in [0.2, 0.25) is 0 Å². The van der Waals surface area contributed by atoms with Gasteiger partial charge in [0.05, 0.1) is 12.0 Å². The molecule has 0 saturated carbocycles. The van der Waals surface area contributed by atoms with E-state index in [1.165, 1.54) is 28.3 Å². The molecule has 0 bridgehead atoms. The number of benzene rings is 1. The average molecular weight is 326 g/mol. The van der Waals surface area contributed by atoms with Crippen molar-refractivity contribution < 1.29 is 4.79 Å². The van der Waals surface area contributed by atoms with Crippen LogP contribution in [0, 0.1) is 6.92 Å². The van der Waals surface area contributed by atoms with E-state index in [9.17, 15) is 9.59 Å². The van der Waals surface area contributed by atoms with E-state index < -0.39 is 0 Å². The molecule has 1 amide bonds. The van der Waals surface area contributed by atoms with Crippen LogP contribution in [0.3, 0.4) is 0 Å². The monoisotopic (exact) mass is 326 g/mol. The number of hydrogen-bond donors (Lipinski definition) is 1. The Morgan fingerprint density at radius 2 is 2.04 bits per heavy atom. The first-order valence-electron chi connectivity index (χ1n) is 6.95. The second-order valence-corrected chi connectivity index (χ2v) is 5.89. The van der Waals surface area contributed by atoms with Crippen molar-refractivity contribution in [2.45, 2.75) is 13.5 Å². The molecule has 7 heteroatoms. The third-order valence-corrected chi connectivity index (χ3v) is 3.91. The molecule has 0 atom stereocenters.